The molecule has 0 radical (unpaired) electrons. The molecule has 6 aromatic rings. The van der Waals surface area contributed by atoms with E-state index in [-0.39, 0.29) is 5.75 Å². The van der Waals surface area contributed by atoms with Crippen molar-refractivity contribution < 1.29 is 5.11 Å². The zero-order valence-electron chi connectivity index (χ0n) is 15.8. The molecule has 0 unspecified atom stereocenters. The van der Waals surface area contributed by atoms with E-state index in [1.807, 2.05) is 12.1 Å². The van der Waals surface area contributed by atoms with Crippen molar-refractivity contribution in [1.29, 1.82) is 0 Å². The molecule has 1 nitrogen and oxygen atoms in total. The average molecular weight is 370 g/mol. The minimum Gasteiger partial charge on any atom is -0.508 e. The Kier molecular flexibility index (Phi) is 3.39. The molecule has 1 N–H and O–H groups in total. The third kappa shape index (κ3) is 2.63. The Balaban J connectivity index is 1.65. The van der Waals surface area contributed by atoms with Crippen molar-refractivity contribution in [3.05, 3.63) is 103 Å². The fourth-order valence-electron chi connectivity index (χ4n) is 4.36. The first-order valence-electron chi connectivity index (χ1n) is 9.83. The standard InChI is InChI=1S/C28H18O/c29-26-10-8-18(9-11-26)27-7-3-6-21-14-24-15-22-12-19-4-1-2-5-20(19)13-23(22)16-25(24)17-28(21)27/h1-17,29H. The molecule has 1 heteroatoms. The molecule has 0 spiro atoms. The van der Waals surface area contributed by atoms with E-state index < -0.39 is 0 Å². The molecule has 6 rings (SSSR count). The van der Waals surface area contributed by atoms with Crippen LogP contribution in [0.15, 0.2) is 103 Å². The van der Waals surface area contributed by atoms with Crippen LogP contribution in [-0.4, -0.2) is 5.11 Å². The molecule has 0 fully saturated rings. The molecule has 0 aromatic heterocycles. The van der Waals surface area contributed by atoms with E-state index in [2.05, 4.69) is 78.9 Å². The van der Waals surface area contributed by atoms with Gasteiger partial charge in [0.2, 0.25) is 0 Å². The largest absolute Gasteiger partial charge is 0.508 e. The maximum Gasteiger partial charge on any atom is 0.115 e. The van der Waals surface area contributed by atoms with E-state index in [4.69, 9.17) is 0 Å². The van der Waals surface area contributed by atoms with Gasteiger partial charge < -0.3 is 5.11 Å². The Labute approximate surface area is 168 Å². The predicted octanol–water partition coefficient (Wildman–Crippen LogP) is 7.67. The lowest BCUT2D eigenvalue weighted by Gasteiger charge is -2.10. The van der Waals surface area contributed by atoms with Crippen molar-refractivity contribution in [1.82, 2.24) is 0 Å². The highest BCUT2D eigenvalue weighted by atomic mass is 16.3. The Bertz CT molecular complexity index is 1540. The van der Waals surface area contributed by atoms with E-state index in [1.54, 1.807) is 12.1 Å². The molecule has 0 aliphatic carbocycles. The zero-order valence-corrected chi connectivity index (χ0v) is 15.8. The predicted molar refractivity (Wildman–Crippen MR) is 124 cm³/mol. The molecule has 0 atom stereocenters. The van der Waals surface area contributed by atoms with Crippen molar-refractivity contribution in [3.8, 4) is 16.9 Å². The van der Waals surface area contributed by atoms with Gasteiger partial charge in [0.25, 0.3) is 0 Å². The van der Waals surface area contributed by atoms with E-state index in [0.717, 1.165) is 5.56 Å². The average Bonchev–Trinajstić information content (AvgIpc) is 2.75. The van der Waals surface area contributed by atoms with Gasteiger partial charge in [-0.2, -0.15) is 0 Å². The molecule has 136 valence electrons. The van der Waals surface area contributed by atoms with Crippen LogP contribution in [0.3, 0.4) is 0 Å². The highest BCUT2D eigenvalue weighted by Gasteiger charge is 2.07. The summed E-state index contributed by atoms with van der Waals surface area (Å²) in [6.07, 6.45) is 0. The summed E-state index contributed by atoms with van der Waals surface area (Å²) in [7, 11) is 0. The molecular weight excluding hydrogens is 352 g/mol. The molecule has 0 aliphatic rings. The van der Waals surface area contributed by atoms with Crippen LogP contribution >= 0.6 is 0 Å². The van der Waals surface area contributed by atoms with Gasteiger partial charge in [0.15, 0.2) is 0 Å². The van der Waals surface area contributed by atoms with Crippen molar-refractivity contribution >= 4 is 43.1 Å². The number of benzene rings is 6. The number of fused-ring (bicyclic) bond motifs is 4. The SMILES string of the molecule is Oc1ccc(-c2cccc3cc4cc5cc6ccccc6cc5cc4cc23)cc1. The maximum atomic E-state index is 9.63. The topological polar surface area (TPSA) is 20.2 Å². The minimum absolute atomic E-state index is 0.290. The summed E-state index contributed by atoms with van der Waals surface area (Å²) in [5, 5.41) is 19.7. The second kappa shape index (κ2) is 6.08. The molecule has 0 saturated heterocycles. The maximum absolute atomic E-state index is 9.63. The fourth-order valence-corrected chi connectivity index (χ4v) is 4.36. The first kappa shape index (κ1) is 16.1. The highest BCUT2D eigenvalue weighted by Crippen LogP contribution is 2.34. The van der Waals surface area contributed by atoms with Gasteiger partial charge in [-0.3, -0.25) is 0 Å². The summed E-state index contributed by atoms with van der Waals surface area (Å²) in [5.41, 5.74) is 2.29. The summed E-state index contributed by atoms with van der Waals surface area (Å²) < 4.78 is 0. The minimum atomic E-state index is 0.290. The van der Waals surface area contributed by atoms with E-state index in [1.165, 1.54) is 48.7 Å². The number of hydrogen-bond donors (Lipinski definition) is 1. The molecular formula is C28H18O. The quantitative estimate of drug-likeness (QED) is 0.294. The number of rotatable bonds is 1. The number of hydrogen-bond acceptors (Lipinski definition) is 1. The Morgan fingerprint density at radius 2 is 0.931 bits per heavy atom. The Morgan fingerprint density at radius 1 is 0.414 bits per heavy atom. The number of phenolic OH excluding ortho intramolecular Hbond substituents is 1. The molecule has 0 aliphatic heterocycles. The van der Waals surface area contributed by atoms with E-state index in [9.17, 15) is 5.11 Å². The monoisotopic (exact) mass is 370 g/mol. The van der Waals surface area contributed by atoms with Crippen LogP contribution in [0.5, 0.6) is 5.75 Å². The fraction of sp³-hybridized carbons (Fsp3) is 0. The smallest absolute Gasteiger partial charge is 0.115 e. The molecule has 0 saturated carbocycles. The normalized spacial score (nSPS) is 11.6. The lowest BCUT2D eigenvalue weighted by atomic mass is 9.94. The summed E-state index contributed by atoms with van der Waals surface area (Å²) in [5.74, 6) is 0.290. The molecule has 29 heavy (non-hydrogen) atoms. The lowest BCUT2D eigenvalue weighted by Crippen LogP contribution is -1.84. The van der Waals surface area contributed by atoms with E-state index in [0.29, 0.717) is 0 Å². The van der Waals surface area contributed by atoms with Gasteiger partial charge >= 0.3 is 0 Å². The van der Waals surface area contributed by atoms with Crippen molar-refractivity contribution in [3.63, 3.8) is 0 Å². The van der Waals surface area contributed by atoms with Crippen molar-refractivity contribution in [2.24, 2.45) is 0 Å². The third-order valence-electron chi connectivity index (χ3n) is 5.84. The Morgan fingerprint density at radius 3 is 1.59 bits per heavy atom. The van der Waals surface area contributed by atoms with Crippen LogP contribution in [0.4, 0.5) is 0 Å². The first-order valence-corrected chi connectivity index (χ1v) is 9.83. The van der Waals surface area contributed by atoms with Gasteiger partial charge in [-0.05, 0) is 103 Å². The summed E-state index contributed by atoms with van der Waals surface area (Å²) >= 11 is 0. The van der Waals surface area contributed by atoms with Crippen LogP contribution in [-0.2, 0) is 0 Å². The van der Waals surface area contributed by atoms with Gasteiger partial charge in [0, 0.05) is 0 Å². The van der Waals surface area contributed by atoms with Gasteiger partial charge in [0.1, 0.15) is 5.75 Å². The highest BCUT2D eigenvalue weighted by molar-refractivity contribution is 6.10. The first-order chi connectivity index (χ1) is 14.2. The molecule has 6 aromatic carbocycles. The van der Waals surface area contributed by atoms with Gasteiger partial charge in [-0.1, -0.05) is 54.6 Å². The molecule has 0 heterocycles. The Hall–Kier alpha value is -3.84. The molecule has 0 amide bonds. The van der Waals surface area contributed by atoms with Gasteiger partial charge in [0.05, 0.1) is 0 Å². The van der Waals surface area contributed by atoms with Crippen LogP contribution < -0.4 is 0 Å². The lowest BCUT2D eigenvalue weighted by molar-refractivity contribution is 0.475. The molecule has 0 bridgehead atoms. The third-order valence-corrected chi connectivity index (χ3v) is 5.84. The summed E-state index contributed by atoms with van der Waals surface area (Å²) in [6, 6.07) is 36.1. The summed E-state index contributed by atoms with van der Waals surface area (Å²) in [4.78, 5) is 0. The van der Waals surface area contributed by atoms with Crippen LogP contribution in [0.25, 0.3) is 54.2 Å². The van der Waals surface area contributed by atoms with Crippen LogP contribution in [0.1, 0.15) is 0 Å². The number of phenols is 1. The van der Waals surface area contributed by atoms with Gasteiger partial charge in [-0.25, -0.2) is 0 Å². The van der Waals surface area contributed by atoms with Gasteiger partial charge in [-0.15, -0.1) is 0 Å². The zero-order chi connectivity index (χ0) is 19.4. The van der Waals surface area contributed by atoms with Crippen molar-refractivity contribution in [2.45, 2.75) is 0 Å². The van der Waals surface area contributed by atoms with Crippen LogP contribution in [0.2, 0.25) is 0 Å². The van der Waals surface area contributed by atoms with Crippen LogP contribution in [0, 0.1) is 0 Å². The second-order valence-electron chi connectivity index (χ2n) is 7.67. The summed E-state index contributed by atoms with van der Waals surface area (Å²) in [6.45, 7) is 0. The second-order valence-corrected chi connectivity index (χ2v) is 7.67. The number of aromatic hydroxyl groups is 1. The van der Waals surface area contributed by atoms with Crippen molar-refractivity contribution in [2.75, 3.05) is 0 Å². The van der Waals surface area contributed by atoms with E-state index >= 15 is 0 Å².